The summed E-state index contributed by atoms with van der Waals surface area (Å²) < 4.78 is 4.89. The third-order valence-electron chi connectivity index (χ3n) is 1.82. The topological polar surface area (TPSA) is 57.9 Å². The lowest BCUT2D eigenvalue weighted by atomic mass is 10.1. The molecule has 1 unspecified atom stereocenters. The van der Waals surface area contributed by atoms with Crippen LogP contribution < -0.4 is 5.32 Å². The maximum Gasteiger partial charge on any atom is 0.121 e. The molecule has 0 bridgehead atoms. The van der Waals surface area contributed by atoms with Crippen LogP contribution in [0, 0.1) is 11.3 Å². The molecule has 1 N–H and O–H groups in total. The van der Waals surface area contributed by atoms with Gasteiger partial charge in [-0.15, -0.1) is 0 Å². The van der Waals surface area contributed by atoms with E-state index in [1.165, 1.54) is 0 Å². The number of aromatic nitrogens is 1. The molecule has 14 heavy (non-hydrogen) atoms. The Hall–Kier alpha value is -1.44. The summed E-state index contributed by atoms with van der Waals surface area (Å²) in [4.78, 5) is 3.90. The fourth-order valence-electron chi connectivity index (χ4n) is 1.10. The maximum atomic E-state index is 8.91. The first-order chi connectivity index (χ1) is 6.88. The van der Waals surface area contributed by atoms with Crippen molar-refractivity contribution in [3.8, 4) is 6.07 Å². The molecule has 1 atom stereocenters. The van der Waals surface area contributed by atoms with E-state index in [2.05, 4.69) is 16.4 Å². The van der Waals surface area contributed by atoms with Crippen LogP contribution in [0.15, 0.2) is 24.5 Å². The second-order valence-corrected chi connectivity index (χ2v) is 2.79. The Morgan fingerprint density at radius 3 is 2.86 bits per heavy atom. The normalized spacial score (nSPS) is 12.0. The van der Waals surface area contributed by atoms with Crippen LogP contribution in [-0.2, 0) is 4.74 Å². The van der Waals surface area contributed by atoms with E-state index in [9.17, 15) is 0 Å². The molecule has 1 aromatic rings. The van der Waals surface area contributed by atoms with Gasteiger partial charge in [-0.3, -0.25) is 10.3 Å². The number of hydrogen-bond acceptors (Lipinski definition) is 4. The second kappa shape index (κ2) is 6.08. The Morgan fingerprint density at radius 1 is 1.57 bits per heavy atom. The van der Waals surface area contributed by atoms with Gasteiger partial charge in [-0.05, 0) is 17.7 Å². The SMILES string of the molecule is COCCNC(C#N)c1ccncc1. The smallest absolute Gasteiger partial charge is 0.121 e. The molecule has 1 aromatic heterocycles. The molecule has 74 valence electrons. The number of nitriles is 1. The van der Waals surface area contributed by atoms with E-state index >= 15 is 0 Å². The Balaban J connectivity index is 2.52. The van der Waals surface area contributed by atoms with Gasteiger partial charge in [0.1, 0.15) is 6.04 Å². The zero-order valence-corrected chi connectivity index (χ0v) is 8.10. The van der Waals surface area contributed by atoms with Crippen molar-refractivity contribution in [3.05, 3.63) is 30.1 Å². The minimum atomic E-state index is -0.284. The predicted octanol–water partition coefficient (Wildman–Crippen LogP) is 0.882. The third-order valence-corrected chi connectivity index (χ3v) is 1.82. The van der Waals surface area contributed by atoms with Crippen molar-refractivity contribution in [2.75, 3.05) is 20.3 Å². The standard InChI is InChI=1S/C10H13N3O/c1-14-7-6-13-10(8-11)9-2-4-12-5-3-9/h2-5,10,13H,6-7H2,1H3. The van der Waals surface area contributed by atoms with Crippen molar-refractivity contribution in [2.24, 2.45) is 0 Å². The molecule has 0 saturated carbocycles. The van der Waals surface area contributed by atoms with Crippen LogP contribution in [0.2, 0.25) is 0 Å². The number of nitrogens with zero attached hydrogens (tertiary/aromatic N) is 2. The predicted molar refractivity (Wildman–Crippen MR) is 52.5 cm³/mol. The summed E-state index contributed by atoms with van der Waals surface area (Å²) in [5.41, 5.74) is 0.929. The summed E-state index contributed by atoms with van der Waals surface area (Å²) in [6.45, 7) is 1.26. The molecule has 0 saturated heterocycles. The minimum absolute atomic E-state index is 0.284. The molecule has 0 aromatic carbocycles. The molecule has 0 spiro atoms. The highest BCUT2D eigenvalue weighted by atomic mass is 16.5. The lowest BCUT2D eigenvalue weighted by Crippen LogP contribution is -2.23. The van der Waals surface area contributed by atoms with Crippen LogP contribution in [0.3, 0.4) is 0 Å². The highest BCUT2D eigenvalue weighted by molar-refractivity contribution is 5.20. The summed E-state index contributed by atoms with van der Waals surface area (Å²) in [6, 6.07) is 5.55. The average molecular weight is 191 g/mol. The van der Waals surface area contributed by atoms with E-state index in [0.29, 0.717) is 13.2 Å². The van der Waals surface area contributed by atoms with Gasteiger partial charge in [-0.1, -0.05) is 0 Å². The van der Waals surface area contributed by atoms with Gasteiger partial charge in [-0.2, -0.15) is 5.26 Å². The number of ether oxygens (including phenoxy) is 1. The minimum Gasteiger partial charge on any atom is -0.383 e. The Bertz CT molecular complexity index is 294. The van der Waals surface area contributed by atoms with Crippen molar-refractivity contribution < 1.29 is 4.74 Å². The largest absolute Gasteiger partial charge is 0.383 e. The highest BCUT2D eigenvalue weighted by Crippen LogP contribution is 2.09. The van der Waals surface area contributed by atoms with E-state index in [-0.39, 0.29) is 6.04 Å². The zero-order chi connectivity index (χ0) is 10.2. The van der Waals surface area contributed by atoms with Gasteiger partial charge >= 0.3 is 0 Å². The molecule has 0 aliphatic heterocycles. The van der Waals surface area contributed by atoms with Crippen molar-refractivity contribution in [1.82, 2.24) is 10.3 Å². The van der Waals surface area contributed by atoms with Crippen LogP contribution >= 0.6 is 0 Å². The molecule has 0 fully saturated rings. The van der Waals surface area contributed by atoms with Gasteiger partial charge < -0.3 is 4.74 Å². The van der Waals surface area contributed by atoms with Crippen molar-refractivity contribution in [1.29, 1.82) is 5.26 Å². The molecule has 1 rings (SSSR count). The van der Waals surface area contributed by atoms with E-state index in [4.69, 9.17) is 10.00 Å². The highest BCUT2D eigenvalue weighted by Gasteiger charge is 2.07. The molecule has 0 aliphatic carbocycles. The Morgan fingerprint density at radius 2 is 2.29 bits per heavy atom. The number of nitrogens with one attached hydrogen (secondary N) is 1. The van der Waals surface area contributed by atoms with E-state index in [0.717, 1.165) is 5.56 Å². The number of methoxy groups -OCH3 is 1. The van der Waals surface area contributed by atoms with E-state index in [1.54, 1.807) is 19.5 Å². The number of hydrogen-bond donors (Lipinski definition) is 1. The summed E-state index contributed by atoms with van der Waals surface area (Å²) in [6.07, 6.45) is 3.36. The van der Waals surface area contributed by atoms with Crippen molar-refractivity contribution in [2.45, 2.75) is 6.04 Å². The molecule has 0 radical (unpaired) electrons. The second-order valence-electron chi connectivity index (χ2n) is 2.79. The zero-order valence-electron chi connectivity index (χ0n) is 8.10. The Labute approximate surface area is 83.5 Å². The quantitative estimate of drug-likeness (QED) is 0.702. The molecular weight excluding hydrogens is 178 g/mol. The molecule has 4 nitrogen and oxygen atoms in total. The molecule has 0 amide bonds. The van der Waals surface area contributed by atoms with Crippen LogP contribution in [-0.4, -0.2) is 25.2 Å². The van der Waals surface area contributed by atoms with E-state index < -0.39 is 0 Å². The first kappa shape index (κ1) is 10.6. The van der Waals surface area contributed by atoms with Gasteiger partial charge in [0.25, 0.3) is 0 Å². The van der Waals surface area contributed by atoms with Crippen molar-refractivity contribution >= 4 is 0 Å². The van der Waals surface area contributed by atoms with Gasteiger partial charge in [0.2, 0.25) is 0 Å². The summed E-state index contributed by atoms with van der Waals surface area (Å²) in [5.74, 6) is 0. The maximum absolute atomic E-state index is 8.91. The lowest BCUT2D eigenvalue weighted by molar-refractivity contribution is 0.198. The first-order valence-corrected chi connectivity index (χ1v) is 4.40. The third kappa shape index (κ3) is 3.13. The van der Waals surface area contributed by atoms with Gasteiger partial charge in [0, 0.05) is 26.0 Å². The monoisotopic (exact) mass is 191 g/mol. The lowest BCUT2D eigenvalue weighted by Gasteiger charge is -2.10. The van der Waals surface area contributed by atoms with E-state index in [1.807, 2.05) is 12.1 Å². The fourth-order valence-corrected chi connectivity index (χ4v) is 1.10. The summed E-state index contributed by atoms with van der Waals surface area (Å²) in [7, 11) is 1.63. The van der Waals surface area contributed by atoms with Crippen LogP contribution in [0.25, 0.3) is 0 Å². The molecule has 4 heteroatoms. The van der Waals surface area contributed by atoms with Gasteiger partial charge in [0.05, 0.1) is 12.7 Å². The average Bonchev–Trinajstić information content (AvgIpc) is 2.26. The van der Waals surface area contributed by atoms with Crippen LogP contribution in [0.5, 0.6) is 0 Å². The van der Waals surface area contributed by atoms with Crippen molar-refractivity contribution in [3.63, 3.8) is 0 Å². The van der Waals surface area contributed by atoms with Gasteiger partial charge in [-0.25, -0.2) is 0 Å². The summed E-state index contributed by atoms with van der Waals surface area (Å²) >= 11 is 0. The molecular formula is C10H13N3O. The molecule has 1 heterocycles. The first-order valence-electron chi connectivity index (χ1n) is 4.40. The number of rotatable bonds is 5. The number of pyridine rings is 1. The molecule has 0 aliphatic rings. The van der Waals surface area contributed by atoms with Crippen LogP contribution in [0.1, 0.15) is 11.6 Å². The van der Waals surface area contributed by atoms with Crippen LogP contribution in [0.4, 0.5) is 0 Å². The fraction of sp³-hybridized carbons (Fsp3) is 0.400. The van der Waals surface area contributed by atoms with Gasteiger partial charge in [0.15, 0.2) is 0 Å². The summed E-state index contributed by atoms with van der Waals surface area (Å²) in [5, 5.41) is 12.0. The Kier molecular flexibility index (Phi) is 4.62.